The number of nitrogens with one attached hydrogen (secondary N) is 1. The number of anilines is 1. The Morgan fingerprint density at radius 3 is 2.53 bits per heavy atom. The van der Waals surface area contributed by atoms with Crippen molar-refractivity contribution in [3.63, 3.8) is 0 Å². The lowest BCUT2D eigenvalue weighted by Gasteiger charge is -2.09. The average Bonchev–Trinajstić information content (AvgIpc) is 2.83. The smallest absolute Gasteiger partial charge is 0.335 e. The predicted octanol–water partition coefficient (Wildman–Crippen LogP) is 2.08. The van der Waals surface area contributed by atoms with Crippen LogP contribution in [-0.4, -0.2) is 28.5 Å². The molecule has 1 saturated heterocycles. The highest BCUT2D eigenvalue weighted by molar-refractivity contribution is 7.99. The number of hydrogen-bond donors (Lipinski definition) is 2. The maximum absolute atomic E-state index is 11.8. The number of benzene rings is 1. The molecule has 1 aromatic rings. The zero-order chi connectivity index (χ0) is 12.3. The van der Waals surface area contributed by atoms with Crippen LogP contribution in [0, 0.1) is 5.92 Å². The molecule has 90 valence electrons. The third-order valence-corrected chi connectivity index (χ3v) is 3.86. The maximum atomic E-state index is 11.8. The van der Waals surface area contributed by atoms with Crippen molar-refractivity contribution in [3.8, 4) is 0 Å². The quantitative estimate of drug-likeness (QED) is 0.863. The van der Waals surface area contributed by atoms with E-state index in [0.29, 0.717) is 5.69 Å². The largest absolute Gasteiger partial charge is 0.478 e. The van der Waals surface area contributed by atoms with Gasteiger partial charge in [-0.05, 0) is 36.4 Å². The standard InChI is InChI=1S/C12H13NO3S/c14-11(9-5-6-17-7-9)13-10-3-1-8(2-4-10)12(15)16/h1-4,9H,5-7H2,(H,13,14)(H,15,16). The Hall–Kier alpha value is -1.49. The van der Waals surface area contributed by atoms with Gasteiger partial charge in [0, 0.05) is 17.4 Å². The van der Waals surface area contributed by atoms with Crippen LogP contribution in [0.3, 0.4) is 0 Å². The summed E-state index contributed by atoms with van der Waals surface area (Å²) in [5.41, 5.74) is 0.872. The minimum Gasteiger partial charge on any atom is -0.478 e. The second-order valence-electron chi connectivity index (χ2n) is 3.93. The summed E-state index contributed by atoms with van der Waals surface area (Å²) in [5, 5.41) is 11.5. The molecular weight excluding hydrogens is 238 g/mol. The molecule has 1 aliphatic rings. The Bertz CT molecular complexity index is 424. The molecule has 4 nitrogen and oxygen atoms in total. The summed E-state index contributed by atoms with van der Waals surface area (Å²) in [4.78, 5) is 22.4. The van der Waals surface area contributed by atoms with E-state index in [1.807, 2.05) is 0 Å². The lowest BCUT2D eigenvalue weighted by molar-refractivity contribution is -0.119. The summed E-state index contributed by atoms with van der Waals surface area (Å²) in [7, 11) is 0. The van der Waals surface area contributed by atoms with Crippen LogP contribution in [0.5, 0.6) is 0 Å². The maximum Gasteiger partial charge on any atom is 0.335 e. The first kappa shape index (κ1) is 12.0. The van der Waals surface area contributed by atoms with Gasteiger partial charge in [-0.25, -0.2) is 4.79 Å². The SMILES string of the molecule is O=C(O)c1ccc(NC(=O)C2CCSC2)cc1. The summed E-state index contributed by atoms with van der Waals surface area (Å²) in [6.45, 7) is 0. The first-order valence-electron chi connectivity index (χ1n) is 5.39. The minimum absolute atomic E-state index is 0.0260. The molecule has 1 unspecified atom stereocenters. The summed E-state index contributed by atoms with van der Waals surface area (Å²) in [6.07, 6.45) is 0.920. The fourth-order valence-corrected chi connectivity index (χ4v) is 2.90. The molecule has 5 heteroatoms. The van der Waals surface area contributed by atoms with Crippen LogP contribution in [0.15, 0.2) is 24.3 Å². The van der Waals surface area contributed by atoms with E-state index in [1.165, 1.54) is 12.1 Å². The second-order valence-corrected chi connectivity index (χ2v) is 5.08. The van der Waals surface area contributed by atoms with Gasteiger partial charge in [-0.15, -0.1) is 0 Å². The highest BCUT2D eigenvalue weighted by Crippen LogP contribution is 2.24. The average molecular weight is 251 g/mol. The Balaban J connectivity index is 1.98. The van der Waals surface area contributed by atoms with Crippen molar-refractivity contribution in [2.75, 3.05) is 16.8 Å². The Labute approximate surface area is 103 Å². The van der Waals surface area contributed by atoms with Gasteiger partial charge in [0.05, 0.1) is 5.56 Å². The van der Waals surface area contributed by atoms with Crippen molar-refractivity contribution in [1.29, 1.82) is 0 Å². The normalized spacial score (nSPS) is 18.9. The van der Waals surface area contributed by atoms with E-state index >= 15 is 0 Å². The number of aromatic carboxylic acids is 1. The van der Waals surface area contributed by atoms with Gasteiger partial charge in [-0.2, -0.15) is 11.8 Å². The van der Waals surface area contributed by atoms with Gasteiger partial charge in [0.2, 0.25) is 5.91 Å². The van der Waals surface area contributed by atoms with E-state index < -0.39 is 5.97 Å². The molecule has 0 bridgehead atoms. The molecule has 17 heavy (non-hydrogen) atoms. The first-order valence-corrected chi connectivity index (χ1v) is 6.54. The van der Waals surface area contributed by atoms with Gasteiger partial charge < -0.3 is 10.4 Å². The number of carbonyl (C=O) groups excluding carboxylic acids is 1. The molecule has 1 fully saturated rings. The topological polar surface area (TPSA) is 66.4 Å². The number of carbonyl (C=O) groups is 2. The van der Waals surface area contributed by atoms with Crippen molar-refractivity contribution in [2.45, 2.75) is 6.42 Å². The molecule has 0 saturated carbocycles. The number of carboxylic acid groups (broad SMARTS) is 1. The lowest BCUT2D eigenvalue weighted by Crippen LogP contribution is -2.22. The molecular formula is C12H13NO3S. The molecule has 0 aromatic heterocycles. The zero-order valence-corrected chi connectivity index (χ0v) is 10.00. The van der Waals surface area contributed by atoms with E-state index in [9.17, 15) is 9.59 Å². The van der Waals surface area contributed by atoms with Crippen LogP contribution in [0.25, 0.3) is 0 Å². The summed E-state index contributed by atoms with van der Waals surface area (Å²) >= 11 is 1.79. The molecule has 1 heterocycles. The number of thioether (sulfide) groups is 1. The van der Waals surface area contributed by atoms with Crippen LogP contribution in [0.4, 0.5) is 5.69 Å². The summed E-state index contributed by atoms with van der Waals surface area (Å²) in [5.74, 6) is 1.06. The minimum atomic E-state index is -0.963. The third kappa shape index (κ3) is 3.00. The van der Waals surface area contributed by atoms with Crippen LogP contribution < -0.4 is 5.32 Å². The van der Waals surface area contributed by atoms with Gasteiger partial charge in [0.25, 0.3) is 0 Å². The van der Waals surface area contributed by atoms with Crippen molar-refractivity contribution >= 4 is 29.3 Å². The number of carboxylic acids is 1. The predicted molar refractivity (Wildman–Crippen MR) is 67.5 cm³/mol. The van der Waals surface area contributed by atoms with E-state index in [-0.39, 0.29) is 17.4 Å². The molecule has 1 aliphatic heterocycles. The van der Waals surface area contributed by atoms with Crippen LogP contribution in [0.2, 0.25) is 0 Å². The van der Waals surface area contributed by atoms with Crippen LogP contribution in [0.1, 0.15) is 16.8 Å². The third-order valence-electron chi connectivity index (χ3n) is 2.70. The number of rotatable bonds is 3. The molecule has 1 amide bonds. The molecule has 1 atom stereocenters. The van der Waals surface area contributed by atoms with E-state index in [4.69, 9.17) is 5.11 Å². The fraction of sp³-hybridized carbons (Fsp3) is 0.333. The van der Waals surface area contributed by atoms with Crippen molar-refractivity contribution < 1.29 is 14.7 Å². The van der Waals surface area contributed by atoms with Gasteiger partial charge in [-0.3, -0.25) is 4.79 Å². The lowest BCUT2D eigenvalue weighted by atomic mass is 10.1. The molecule has 1 aromatic carbocycles. The Morgan fingerprint density at radius 2 is 2.00 bits per heavy atom. The fourth-order valence-electron chi connectivity index (χ4n) is 1.68. The van der Waals surface area contributed by atoms with Crippen molar-refractivity contribution in [1.82, 2.24) is 0 Å². The van der Waals surface area contributed by atoms with Crippen LogP contribution >= 0.6 is 11.8 Å². The molecule has 2 rings (SSSR count). The summed E-state index contributed by atoms with van der Waals surface area (Å²) < 4.78 is 0. The number of hydrogen-bond acceptors (Lipinski definition) is 3. The molecule has 0 spiro atoms. The number of amides is 1. The van der Waals surface area contributed by atoms with Gasteiger partial charge in [-0.1, -0.05) is 0 Å². The van der Waals surface area contributed by atoms with Crippen molar-refractivity contribution in [3.05, 3.63) is 29.8 Å². The molecule has 2 N–H and O–H groups in total. The van der Waals surface area contributed by atoms with Crippen LogP contribution in [-0.2, 0) is 4.79 Å². The molecule has 0 radical (unpaired) electrons. The van der Waals surface area contributed by atoms with Gasteiger partial charge in [0.1, 0.15) is 0 Å². The summed E-state index contributed by atoms with van der Waals surface area (Å²) in [6, 6.07) is 6.20. The van der Waals surface area contributed by atoms with E-state index in [0.717, 1.165) is 17.9 Å². The Morgan fingerprint density at radius 1 is 1.29 bits per heavy atom. The Kier molecular flexibility index (Phi) is 3.68. The monoisotopic (exact) mass is 251 g/mol. The molecule has 0 aliphatic carbocycles. The van der Waals surface area contributed by atoms with E-state index in [1.54, 1.807) is 23.9 Å². The van der Waals surface area contributed by atoms with E-state index in [2.05, 4.69) is 5.32 Å². The second kappa shape index (κ2) is 5.23. The highest BCUT2D eigenvalue weighted by Gasteiger charge is 2.23. The van der Waals surface area contributed by atoms with Gasteiger partial charge >= 0.3 is 5.97 Å². The highest BCUT2D eigenvalue weighted by atomic mass is 32.2. The van der Waals surface area contributed by atoms with Crippen molar-refractivity contribution in [2.24, 2.45) is 5.92 Å². The zero-order valence-electron chi connectivity index (χ0n) is 9.18. The first-order chi connectivity index (χ1) is 8.16. The van der Waals surface area contributed by atoms with Gasteiger partial charge in [0.15, 0.2) is 0 Å².